The van der Waals surface area contributed by atoms with Crippen LogP contribution in [0.15, 0.2) is 41.3 Å². The van der Waals surface area contributed by atoms with Gasteiger partial charge in [0.15, 0.2) is 5.75 Å². The molecular formula is C21H18F2N2O4. The number of pyridine rings is 1. The summed E-state index contributed by atoms with van der Waals surface area (Å²) in [6.07, 6.45) is 1.29. The zero-order chi connectivity index (χ0) is 20.9. The van der Waals surface area contributed by atoms with Crippen molar-refractivity contribution in [3.8, 4) is 5.75 Å². The van der Waals surface area contributed by atoms with Crippen molar-refractivity contribution in [1.82, 2.24) is 4.57 Å². The first-order valence-corrected chi connectivity index (χ1v) is 9.01. The number of rotatable bonds is 4. The smallest absolute Gasteiger partial charge is 0.341 e. The lowest BCUT2D eigenvalue weighted by molar-refractivity contribution is 0.0694. The summed E-state index contributed by atoms with van der Waals surface area (Å²) < 4.78 is 35.6. The minimum Gasteiger partial charge on any atom is -0.489 e. The number of carboxylic acids is 1. The first-order chi connectivity index (χ1) is 13.8. The largest absolute Gasteiger partial charge is 0.489 e. The van der Waals surface area contributed by atoms with Gasteiger partial charge in [0.25, 0.3) is 0 Å². The molecule has 0 bridgehead atoms. The van der Waals surface area contributed by atoms with Crippen LogP contribution >= 0.6 is 0 Å². The van der Waals surface area contributed by atoms with Crippen LogP contribution in [0.1, 0.15) is 28.9 Å². The Labute approximate surface area is 164 Å². The van der Waals surface area contributed by atoms with Gasteiger partial charge in [0.1, 0.15) is 23.8 Å². The van der Waals surface area contributed by atoms with Crippen LogP contribution in [-0.4, -0.2) is 29.3 Å². The summed E-state index contributed by atoms with van der Waals surface area (Å²) in [4.78, 5) is 25.8. The van der Waals surface area contributed by atoms with Crippen molar-refractivity contribution in [2.75, 3.05) is 18.6 Å². The van der Waals surface area contributed by atoms with Gasteiger partial charge in [-0.25, -0.2) is 13.6 Å². The van der Waals surface area contributed by atoms with Gasteiger partial charge in [-0.15, -0.1) is 0 Å². The number of benzene rings is 2. The van der Waals surface area contributed by atoms with Gasteiger partial charge >= 0.3 is 5.97 Å². The van der Waals surface area contributed by atoms with E-state index in [1.165, 1.54) is 18.3 Å². The minimum absolute atomic E-state index is 0.0304. The summed E-state index contributed by atoms with van der Waals surface area (Å²) in [6.45, 7) is 2.15. The van der Waals surface area contributed by atoms with E-state index in [1.807, 2.05) is 6.92 Å². The van der Waals surface area contributed by atoms with E-state index in [9.17, 15) is 19.1 Å². The molecular weight excluding hydrogens is 382 g/mol. The molecule has 4 rings (SSSR count). The Morgan fingerprint density at radius 3 is 2.66 bits per heavy atom. The molecule has 2 aromatic carbocycles. The number of nitrogens with zero attached hydrogens (tertiary/aromatic N) is 2. The standard InChI is InChI=1S/C21H18F2N2O4/c1-11-10-29-20-15(8-24(2)13-5-3-12(22)4-6-13)17(23)7-14-18(20)25(11)9-16(19(14)26)21(27)28/h3-7,9,11H,8,10H2,1-2H3,(H,27,28)/t11-/m0/s1. The topological polar surface area (TPSA) is 71.8 Å². The van der Waals surface area contributed by atoms with E-state index in [2.05, 4.69) is 0 Å². The van der Waals surface area contributed by atoms with Crippen LogP contribution in [0.4, 0.5) is 14.5 Å². The van der Waals surface area contributed by atoms with Gasteiger partial charge in [-0.1, -0.05) is 0 Å². The number of anilines is 1. The highest BCUT2D eigenvalue weighted by atomic mass is 19.1. The highest BCUT2D eigenvalue weighted by Crippen LogP contribution is 2.37. The van der Waals surface area contributed by atoms with Crippen LogP contribution in [0.3, 0.4) is 0 Å². The maximum atomic E-state index is 15.0. The molecule has 1 aliphatic heterocycles. The molecule has 3 aromatic rings. The van der Waals surface area contributed by atoms with Gasteiger partial charge in [0.05, 0.1) is 22.5 Å². The van der Waals surface area contributed by atoms with Crippen molar-refractivity contribution >= 4 is 22.6 Å². The summed E-state index contributed by atoms with van der Waals surface area (Å²) in [5.41, 5.74) is 0.142. The van der Waals surface area contributed by atoms with Crippen molar-refractivity contribution in [3.63, 3.8) is 0 Å². The lowest BCUT2D eigenvalue weighted by atomic mass is 10.0. The Morgan fingerprint density at radius 1 is 1.31 bits per heavy atom. The number of halogens is 2. The molecule has 0 unspecified atom stereocenters. The molecule has 1 N–H and O–H groups in total. The second-order valence-electron chi connectivity index (χ2n) is 7.14. The molecule has 0 fully saturated rings. The van der Waals surface area contributed by atoms with Crippen LogP contribution in [0.25, 0.3) is 10.9 Å². The van der Waals surface area contributed by atoms with Gasteiger partial charge in [0, 0.05) is 25.5 Å². The fraction of sp³-hybridized carbons (Fsp3) is 0.238. The van der Waals surface area contributed by atoms with Gasteiger partial charge in [-0.05, 0) is 37.3 Å². The quantitative estimate of drug-likeness (QED) is 0.725. The van der Waals surface area contributed by atoms with E-state index < -0.39 is 22.8 Å². The zero-order valence-electron chi connectivity index (χ0n) is 15.8. The molecule has 0 saturated heterocycles. The molecule has 29 heavy (non-hydrogen) atoms. The molecule has 0 amide bonds. The summed E-state index contributed by atoms with van der Waals surface area (Å²) in [5.74, 6) is -2.17. The van der Waals surface area contributed by atoms with E-state index in [0.29, 0.717) is 11.2 Å². The molecule has 0 spiro atoms. The number of carboxylic acid groups (broad SMARTS) is 1. The van der Waals surface area contributed by atoms with Crippen LogP contribution in [0.5, 0.6) is 5.75 Å². The highest BCUT2D eigenvalue weighted by molar-refractivity contribution is 5.95. The van der Waals surface area contributed by atoms with Crippen molar-refractivity contribution in [3.05, 3.63) is 69.5 Å². The van der Waals surface area contributed by atoms with Crippen LogP contribution in [-0.2, 0) is 6.54 Å². The molecule has 150 valence electrons. The lowest BCUT2D eigenvalue weighted by Gasteiger charge is -2.30. The van der Waals surface area contributed by atoms with E-state index >= 15 is 4.39 Å². The molecule has 6 nitrogen and oxygen atoms in total. The van der Waals surface area contributed by atoms with E-state index in [-0.39, 0.29) is 41.7 Å². The first kappa shape index (κ1) is 18.9. The Morgan fingerprint density at radius 2 is 2.00 bits per heavy atom. The van der Waals surface area contributed by atoms with E-state index in [0.717, 1.165) is 6.07 Å². The van der Waals surface area contributed by atoms with Gasteiger partial charge in [-0.3, -0.25) is 4.79 Å². The predicted molar refractivity (Wildman–Crippen MR) is 104 cm³/mol. The van der Waals surface area contributed by atoms with Crippen LogP contribution < -0.4 is 15.1 Å². The molecule has 0 radical (unpaired) electrons. The van der Waals surface area contributed by atoms with Gasteiger partial charge in [0.2, 0.25) is 5.43 Å². The fourth-order valence-electron chi connectivity index (χ4n) is 3.60. The van der Waals surface area contributed by atoms with E-state index in [4.69, 9.17) is 4.74 Å². The molecule has 2 heterocycles. The van der Waals surface area contributed by atoms with Gasteiger partial charge in [-0.2, -0.15) is 0 Å². The minimum atomic E-state index is -1.36. The number of hydrogen-bond acceptors (Lipinski definition) is 4. The number of ether oxygens (including phenoxy) is 1. The third-order valence-electron chi connectivity index (χ3n) is 5.16. The normalized spacial score (nSPS) is 15.2. The number of hydrogen-bond donors (Lipinski definition) is 1. The summed E-state index contributed by atoms with van der Waals surface area (Å²) in [7, 11) is 1.73. The average Bonchev–Trinajstić information content (AvgIpc) is 2.68. The maximum absolute atomic E-state index is 15.0. The molecule has 8 heteroatoms. The lowest BCUT2D eigenvalue weighted by Crippen LogP contribution is -2.28. The summed E-state index contributed by atoms with van der Waals surface area (Å²) >= 11 is 0. The molecule has 0 aliphatic carbocycles. The highest BCUT2D eigenvalue weighted by Gasteiger charge is 2.28. The number of carbonyl (C=O) groups is 1. The molecule has 0 saturated carbocycles. The molecule has 1 aliphatic rings. The fourth-order valence-corrected chi connectivity index (χ4v) is 3.60. The van der Waals surface area contributed by atoms with Gasteiger partial charge < -0.3 is 19.3 Å². The summed E-state index contributed by atoms with van der Waals surface area (Å²) in [6, 6.07) is 6.64. The first-order valence-electron chi connectivity index (χ1n) is 9.01. The Hall–Kier alpha value is -3.42. The number of aromatic nitrogens is 1. The second kappa shape index (κ2) is 6.88. The maximum Gasteiger partial charge on any atom is 0.341 e. The molecule has 1 atom stereocenters. The number of aromatic carboxylic acids is 1. The van der Waals surface area contributed by atoms with E-state index in [1.54, 1.807) is 28.6 Å². The SMILES string of the molecule is C[C@H]1COc2c(CN(C)c3ccc(F)cc3)c(F)cc3c(=O)c(C(=O)O)cn1c23. The monoisotopic (exact) mass is 400 g/mol. The van der Waals surface area contributed by atoms with Crippen molar-refractivity contribution in [2.45, 2.75) is 19.5 Å². The average molecular weight is 400 g/mol. The van der Waals surface area contributed by atoms with Crippen molar-refractivity contribution < 1.29 is 23.4 Å². The third-order valence-corrected chi connectivity index (χ3v) is 5.16. The van der Waals surface area contributed by atoms with Crippen molar-refractivity contribution in [1.29, 1.82) is 0 Å². The van der Waals surface area contributed by atoms with Crippen LogP contribution in [0, 0.1) is 11.6 Å². The molecule has 1 aromatic heterocycles. The zero-order valence-corrected chi connectivity index (χ0v) is 15.8. The second-order valence-corrected chi connectivity index (χ2v) is 7.14. The summed E-state index contributed by atoms with van der Waals surface area (Å²) in [5, 5.41) is 9.30. The Bertz CT molecular complexity index is 1190. The Balaban J connectivity index is 1.90. The third kappa shape index (κ3) is 3.10. The van der Waals surface area contributed by atoms with Crippen LogP contribution in [0.2, 0.25) is 0 Å². The van der Waals surface area contributed by atoms with Crippen molar-refractivity contribution in [2.24, 2.45) is 0 Å². The predicted octanol–water partition coefficient (Wildman–Crippen LogP) is 3.57. The Kier molecular flexibility index (Phi) is 4.49.